The molecule has 2 heterocycles. The molecule has 0 aliphatic carbocycles. The first-order valence-electron chi connectivity index (χ1n) is 7.03. The maximum Gasteiger partial charge on any atom is 0.416 e. The van der Waals surface area contributed by atoms with Gasteiger partial charge in [0.15, 0.2) is 0 Å². The van der Waals surface area contributed by atoms with Gasteiger partial charge in [-0.1, -0.05) is 0 Å². The zero-order valence-corrected chi connectivity index (χ0v) is 12.6. The first kappa shape index (κ1) is 15.9. The van der Waals surface area contributed by atoms with E-state index in [4.69, 9.17) is 10.00 Å². The number of hydrogen-bond donors (Lipinski definition) is 0. The van der Waals surface area contributed by atoms with Crippen LogP contribution in [0.5, 0.6) is 5.75 Å². The van der Waals surface area contributed by atoms with Gasteiger partial charge in [-0.05, 0) is 24.3 Å². The first-order valence-corrected chi connectivity index (χ1v) is 7.03. The highest BCUT2D eigenvalue weighted by Crippen LogP contribution is 2.38. The molecule has 0 atom stereocenters. The van der Waals surface area contributed by atoms with Crippen molar-refractivity contribution in [3.8, 4) is 11.8 Å². The Morgan fingerprint density at radius 3 is 2.71 bits per heavy atom. The summed E-state index contributed by atoms with van der Waals surface area (Å²) in [6.45, 7) is 0.305. The number of nitriles is 1. The predicted octanol–water partition coefficient (Wildman–Crippen LogP) is 2.95. The fourth-order valence-corrected chi connectivity index (χ4v) is 2.58. The molecule has 0 saturated carbocycles. The summed E-state index contributed by atoms with van der Waals surface area (Å²) in [6.07, 6.45) is -3.03. The van der Waals surface area contributed by atoms with Crippen molar-refractivity contribution < 1.29 is 22.7 Å². The van der Waals surface area contributed by atoms with Gasteiger partial charge in [-0.2, -0.15) is 18.4 Å². The van der Waals surface area contributed by atoms with Crippen LogP contribution in [-0.2, 0) is 13.2 Å². The molecule has 0 saturated heterocycles. The van der Waals surface area contributed by atoms with E-state index in [2.05, 4.69) is 0 Å². The quantitative estimate of drug-likeness (QED) is 0.805. The maximum absolute atomic E-state index is 12.9. The number of ether oxygens (including phenoxy) is 1. The zero-order valence-electron chi connectivity index (χ0n) is 12.6. The number of aromatic nitrogens is 1. The van der Waals surface area contributed by atoms with Crippen LogP contribution in [0.25, 0.3) is 0 Å². The smallest absolute Gasteiger partial charge is 0.416 e. The molecule has 0 bridgehead atoms. The van der Waals surface area contributed by atoms with E-state index < -0.39 is 17.6 Å². The van der Waals surface area contributed by atoms with E-state index in [1.54, 1.807) is 7.05 Å². The lowest BCUT2D eigenvalue weighted by Gasteiger charge is -2.30. The topological polar surface area (TPSA) is 58.3 Å². The van der Waals surface area contributed by atoms with Gasteiger partial charge in [0.2, 0.25) is 0 Å². The lowest BCUT2D eigenvalue weighted by molar-refractivity contribution is -0.137. The lowest BCUT2D eigenvalue weighted by atomic mass is 10.1. The molecule has 3 rings (SSSR count). The minimum absolute atomic E-state index is 0.0702. The fraction of sp³-hybridized carbons (Fsp3) is 0.250. The number of carbonyl (C=O) groups is 1. The Balaban J connectivity index is 2.03. The second-order valence-electron chi connectivity index (χ2n) is 5.32. The van der Waals surface area contributed by atoms with E-state index in [0.29, 0.717) is 5.56 Å². The summed E-state index contributed by atoms with van der Waals surface area (Å²) in [5, 5.41) is 8.92. The fourth-order valence-electron chi connectivity index (χ4n) is 2.58. The Labute approximate surface area is 135 Å². The average molecular weight is 335 g/mol. The van der Waals surface area contributed by atoms with Crippen molar-refractivity contribution in [3.05, 3.63) is 47.3 Å². The molecule has 0 N–H and O–H groups in total. The second-order valence-corrected chi connectivity index (χ2v) is 5.32. The van der Waals surface area contributed by atoms with Crippen LogP contribution in [0, 0.1) is 11.3 Å². The second kappa shape index (κ2) is 5.60. The molecule has 5 nitrogen and oxygen atoms in total. The number of hydrogen-bond acceptors (Lipinski definition) is 3. The Morgan fingerprint density at radius 1 is 1.33 bits per heavy atom. The number of rotatable bonds is 1. The normalized spacial score (nSPS) is 13.9. The standard InChI is InChI=1S/C16H12F3N3O2/c1-21-9-10(8-20)6-13(21)15(23)22-4-5-24-14-3-2-11(7-12(14)22)16(17,18)19/h2-3,6-7,9H,4-5H2,1H3. The van der Waals surface area contributed by atoms with Gasteiger partial charge in [0, 0.05) is 13.2 Å². The first-order chi connectivity index (χ1) is 11.3. The van der Waals surface area contributed by atoms with Crippen molar-refractivity contribution in [1.82, 2.24) is 4.57 Å². The molecule has 1 aromatic carbocycles. The molecule has 0 radical (unpaired) electrons. The van der Waals surface area contributed by atoms with Crippen molar-refractivity contribution in [2.75, 3.05) is 18.1 Å². The number of nitrogens with zero attached hydrogens (tertiary/aromatic N) is 3. The van der Waals surface area contributed by atoms with E-state index in [9.17, 15) is 18.0 Å². The third-order valence-electron chi connectivity index (χ3n) is 3.75. The van der Waals surface area contributed by atoms with Crippen LogP contribution in [0.15, 0.2) is 30.5 Å². The van der Waals surface area contributed by atoms with Crippen LogP contribution in [0.4, 0.5) is 18.9 Å². The van der Waals surface area contributed by atoms with Crippen molar-refractivity contribution in [2.24, 2.45) is 7.05 Å². The molecular formula is C16H12F3N3O2. The van der Waals surface area contributed by atoms with E-state index in [1.807, 2.05) is 6.07 Å². The SMILES string of the molecule is Cn1cc(C#N)cc1C(=O)N1CCOc2ccc(C(F)(F)F)cc21. The van der Waals surface area contributed by atoms with Gasteiger partial charge in [-0.15, -0.1) is 0 Å². The Bertz CT molecular complexity index is 849. The summed E-state index contributed by atoms with van der Waals surface area (Å²) < 4.78 is 45.6. The van der Waals surface area contributed by atoms with Crippen molar-refractivity contribution in [2.45, 2.75) is 6.18 Å². The minimum atomic E-state index is -4.51. The highest BCUT2D eigenvalue weighted by atomic mass is 19.4. The summed E-state index contributed by atoms with van der Waals surface area (Å²) in [5.74, 6) is -0.264. The van der Waals surface area contributed by atoms with E-state index in [1.165, 1.54) is 27.8 Å². The molecule has 0 fully saturated rings. The van der Waals surface area contributed by atoms with Gasteiger partial charge >= 0.3 is 6.18 Å². The summed E-state index contributed by atoms with van der Waals surface area (Å²) in [6, 6.07) is 6.37. The Kier molecular flexibility index (Phi) is 3.72. The number of amides is 1. The molecule has 1 aliphatic rings. The highest BCUT2D eigenvalue weighted by Gasteiger charge is 2.34. The third kappa shape index (κ3) is 2.69. The van der Waals surface area contributed by atoms with Gasteiger partial charge in [0.05, 0.1) is 23.4 Å². The van der Waals surface area contributed by atoms with Crippen LogP contribution in [0.2, 0.25) is 0 Å². The monoisotopic (exact) mass is 335 g/mol. The molecule has 1 aromatic heterocycles. The van der Waals surface area contributed by atoms with Crippen LogP contribution in [-0.4, -0.2) is 23.6 Å². The van der Waals surface area contributed by atoms with Crippen molar-refractivity contribution in [1.29, 1.82) is 5.26 Å². The number of anilines is 1. The van der Waals surface area contributed by atoms with Gasteiger partial charge in [-0.25, -0.2) is 0 Å². The molecule has 0 spiro atoms. The highest BCUT2D eigenvalue weighted by molar-refractivity contribution is 6.06. The molecule has 2 aromatic rings. The van der Waals surface area contributed by atoms with Gasteiger partial charge in [-0.3, -0.25) is 4.79 Å². The summed E-state index contributed by atoms with van der Waals surface area (Å²) in [4.78, 5) is 14.0. The molecular weight excluding hydrogens is 323 g/mol. The molecule has 0 unspecified atom stereocenters. The Hall–Kier alpha value is -2.95. The van der Waals surface area contributed by atoms with E-state index in [0.717, 1.165) is 12.1 Å². The van der Waals surface area contributed by atoms with Gasteiger partial charge in [0.25, 0.3) is 5.91 Å². The number of fused-ring (bicyclic) bond motifs is 1. The number of carbonyl (C=O) groups excluding carboxylic acids is 1. The molecule has 124 valence electrons. The zero-order chi connectivity index (χ0) is 17.5. The molecule has 24 heavy (non-hydrogen) atoms. The summed E-state index contributed by atoms with van der Waals surface area (Å²) >= 11 is 0. The van der Waals surface area contributed by atoms with Crippen LogP contribution >= 0.6 is 0 Å². The molecule has 1 amide bonds. The summed E-state index contributed by atoms with van der Waals surface area (Å²) in [7, 11) is 1.60. The van der Waals surface area contributed by atoms with Gasteiger partial charge in [0.1, 0.15) is 24.1 Å². The van der Waals surface area contributed by atoms with Crippen molar-refractivity contribution in [3.63, 3.8) is 0 Å². The number of halogens is 3. The predicted molar refractivity (Wildman–Crippen MR) is 78.7 cm³/mol. The lowest BCUT2D eigenvalue weighted by Crippen LogP contribution is -2.39. The third-order valence-corrected chi connectivity index (χ3v) is 3.75. The van der Waals surface area contributed by atoms with Gasteiger partial charge < -0.3 is 14.2 Å². The average Bonchev–Trinajstić information content (AvgIpc) is 2.93. The van der Waals surface area contributed by atoms with E-state index >= 15 is 0 Å². The number of alkyl halides is 3. The van der Waals surface area contributed by atoms with Crippen LogP contribution in [0.1, 0.15) is 21.6 Å². The minimum Gasteiger partial charge on any atom is -0.490 e. The van der Waals surface area contributed by atoms with Crippen LogP contribution < -0.4 is 9.64 Å². The number of aryl methyl sites for hydroxylation is 1. The largest absolute Gasteiger partial charge is 0.490 e. The maximum atomic E-state index is 12.9. The van der Waals surface area contributed by atoms with E-state index in [-0.39, 0.29) is 30.3 Å². The van der Waals surface area contributed by atoms with Crippen molar-refractivity contribution >= 4 is 11.6 Å². The van der Waals surface area contributed by atoms with Crippen LogP contribution in [0.3, 0.4) is 0 Å². The summed E-state index contributed by atoms with van der Waals surface area (Å²) in [5.41, 5.74) is -0.259. The Morgan fingerprint density at radius 2 is 2.08 bits per heavy atom. The molecule has 1 aliphatic heterocycles. The number of benzene rings is 1. The molecule has 8 heteroatoms.